The molecule has 50 heavy (non-hydrogen) atoms. The van der Waals surface area contributed by atoms with Crippen LogP contribution in [-0.4, -0.2) is 15.0 Å². The molecule has 2 heterocycles. The van der Waals surface area contributed by atoms with Gasteiger partial charge in [0.25, 0.3) is 0 Å². The van der Waals surface area contributed by atoms with Crippen molar-refractivity contribution in [1.82, 2.24) is 15.0 Å². The minimum absolute atomic E-state index is 0.218. The van der Waals surface area contributed by atoms with E-state index in [1.807, 2.05) is 6.07 Å². The van der Waals surface area contributed by atoms with Crippen LogP contribution < -0.4 is 0 Å². The Balaban J connectivity index is 1.20. The number of hydrogen-bond donors (Lipinski definition) is 0. The van der Waals surface area contributed by atoms with Crippen LogP contribution in [-0.2, 0) is 6.42 Å². The van der Waals surface area contributed by atoms with E-state index in [2.05, 4.69) is 153 Å². The van der Waals surface area contributed by atoms with Gasteiger partial charge in [-0.2, -0.15) is 0 Å². The first kappa shape index (κ1) is 29.0. The Morgan fingerprint density at radius 2 is 1.06 bits per heavy atom. The minimum atomic E-state index is 0.218. The first-order chi connectivity index (χ1) is 24.7. The number of nitrogens with zero attached hydrogens (tertiary/aromatic N) is 3. The van der Waals surface area contributed by atoms with E-state index in [9.17, 15) is 0 Å². The van der Waals surface area contributed by atoms with Crippen LogP contribution in [0.2, 0.25) is 0 Å². The maximum Gasteiger partial charge on any atom is 0.165 e. The fourth-order valence-corrected chi connectivity index (χ4v) is 8.96. The van der Waals surface area contributed by atoms with Crippen LogP contribution in [0.3, 0.4) is 0 Å². The summed E-state index contributed by atoms with van der Waals surface area (Å²) in [5, 5.41) is 7.68. The molecule has 3 nitrogen and oxygen atoms in total. The van der Waals surface area contributed by atoms with E-state index in [4.69, 9.17) is 15.0 Å². The van der Waals surface area contributed by atoms with E-state index < -0.39 is 0 Å². The molecule has 10 rings (SSSR count). The number of fused-ring (bicyclic) bond motifs is 9. The molecule has 1 atom stereocenters. The number of benzene rings is 7. The molecule has 0 saturated heterocycles. The number of allylic oxidation sites excluding steroid dienone is 1. The van der Waals surface area contributed by atoms with E-state index in [0.29, 0.717) is 11.6 Å². The maximum absolute atomic E-state index is 5.32. The number of rotatable bonds is 4. The fraction of sp³-hybridized carbons (Fsp3) is 0.0652. The number of aromatic nitrogens is 3. The summed E-state index contributed by atoms with van der Waals surface area (Å²) in [5.74, 6) is 2.35. The molecule has 0 fully saturated rings. The van der Waals surface area contributed by atoms with Crippen molar-refractivity contribution in [2.24, 2.45) is 5.92 Å². The number of thiophene rings is 1. The average molecular weight is 658 g/mol. The van der Waals surface area contributed by atoms with Crippen molar-refractivity contribution in [3.63, 3.8) is 0 Å². The molecular weight excluding hydrogens is 627 g/mol. The Kier molecular flexibility index (Phi) is 6.71. The molecule has 7 aromatic carbocycles. The molecule has 1 unspecified atom stereocenters. The third kappa shape index (κ3) is 4.67. The second kappa shape index (κ2) is 11.6. The highest BCUT2D eigenvalue weighted by atomic mass is 32.1. The molecule has 0 radical (unpaired) electrons. The third-order valence-corrected chi connectivity index (χ3v) is 11.4. The first-order valence-corrected chi connectivity index (χ1v) is 18.0. The predicted octanol–water partition coefficient (Wildman–Crippen LogP) is 12.3. The summed E-state index contributed by atoms with van der Waals surface area (Å²) in [5.41, 5.74) is 8.18. The molecule has 236 valence electrons. The zero-order valence-corrected chi connectivity index (χ0v) is 28.3. The van der Waals surface area contributed by atoms with Gasteiger partial charge in [-0.05, 0) is 74.3 Å². The SMILES string of the molecule is CC1Cc2c(c3ccccc3c3ccccc23)C=C1c1nc(-c2ccc(-c3ccccc3)cc2)nc(-c2cccc3c2sc2ccccc23)n1. The first-order valence-electron chi connectivity index (χ1n) is 17.2. The highest BCUT2D eigenvalue weighted by Crippen LogP contribution is 2.43. The topological polar surface area (TPSA) is 38.7 Å². The Hall–Kier alpha value is -5.97. The minimum Gasteiger partial charge on any atom is -0.209 e. The van der Waals surface area contributed by atoms with Crippen molar-refractivity contribution in [3.8, 4) is 33.9 Å². The van der Waals surface area contributed by atoms with Crippen LogP contribution in [0, 0.1) is 5.92 Å². The van der Waals surface area contributed by atoms with Crippen LogP contribution in [0.15, 0.2) is 146 Å². The largest absolute Gasteiger partial charge is 0.209 e. The lowest BCUT2D eigenvalue weighted by atomic mass is 9.79. The van der Waals surface area contributed by atoms with Gasteiger partial charge >= 0.3 is 0 Å². The van der Waals surface area contributed by atoms with Crippen molar-refractivity contribution in [2.45, 2.75) is 13.3 Å². The molecule has 0 saturated carbocycles. The Labute approximate surface area is 294 Å². The summed E-state index contributed by atoms with van der Waals surface area (Å²) in [6.07, 6.45) is 3.28. The molecule has 0 N–H and O–H groups in total. The van der Waals surface area contributed by atoms with Crippen molar-refractivity contribution >= 4 is 64.7 Å². The van der Waals surface area contributed by atoms with E-state index in [1.54, 1.807) is 11.3 Å². The quantitative estimate of drug-likeness (QED) is 0.177. The molecule has 4 heteroatoms. The lowest BCUT2D eigenvalue weighted by molar-refractivity contribution is 0.733. The normalized spacial score (nSPS) is 14.3. The van der Waals surface area contributed by atoms with Crippen molar-refractivity contribution < 1.29 is 0 Å². The molecule has 9 aromatic rings. The van der Waals surface area contributed by atoms with E-state index in [-0.39, 0.29) is 5.92 Å². The molecule has 1 aliphatic rings. The van der Waals surface area contributed by atoms with Crippen LogP contribution in [0.25, 0.3) is 87.3 Å². The van der Waals surface area contributed by atoms with Crippen molar-refractivity contribution in [2.75, 3.05) is 0 Å². The van der Waals surface area contributed by atoms with Gasteiger partial charge in [0.05, 0.1) is 0 Å². The summed E-state index contributed by atoms with van der Waals surface area (Å²) < 4.78 is 2.46. The van der Waals surface area contributed by atoms with Gasteiger partial charge in [0.15, 0.2) is 17.5 Å². The Morgan fingerprint density at radius 1 is 0.480 bits per heavy atom. The predicted molar refractivity (Wildman–Crippen MR) is 211 cm³/mol. The van der Waals surface area contributed by atoms with Crippen molar-refractivity contribution in [3.05, 3.63) is 163 Å². The zero-order valence-electron chi connectivity index (χ0n) is 27.5. The fourth-order valence-electron chi connectivity index (χ4n) is 7.75. The lowest BCUT2D eigenvalue weighted by Crippen LogP contribution is -2.14. The van der Waals surface area contributed by atoms with Crippen LogP contribution in [0.1, 0.15) is 23.9 Å². The molecule has 0 aliphatic heterocycles. The maximum atomic E-state index is 5.32. The lowest BCUT2D eigenvalue weighted by Gasteiger charge is -2.26. The van der Waals surface area contributed by atoms with Gasteiger partial charge in [0.1, 0.15) is 0 Å². The van der Waals surface area contributed by atoms with Crippen LogP contribution in [0.4, 0.5) is 0 Å². The van der Waals surface area contributed by atoms with Gasteiger partial charge in [0.2, 0.25) is 0 Å². The molecule has 2 aromatic heterocycles. The zero-order chi connectivity index (χ0) is 33.2. The summed E-state index contributed by atoms with van der Waals surface area (Å²) in [4.78, 5) is 15.8. The second-order valence-corrected chi connectivity index (χ2v) is 14.3. The smallest absolute Gasteiger partial charge is 0.165 e. The third-order valence-electron chi connectivity index (χ3n) is 10.2. The summed E-state index contributed by atoms with van der Waals surface area (Å²) in [6.45, 7) is 2.31. The van der Waals surface area contributed by atoms with Crippen molar-refractivity contribution in [1.29, 1.82) is 0 Å². The average Bonchev–Trinajstić information content (AvgIpc) is 3.57. The standard InChI is InChI=1S/C46H31N3S/c1-28-26-40-34-16-7-5-14-32(34)33-15-6-8-17-35(33)41(40)27-39(28)46-48-44(31-24-22-30(23-25-31)29-12-3-2-4-13-29)47-45(49-46)38-20-11-19-37-36-18-9-10-21-42(36)50-43(37)38/h2-25,27-28H,26H2,1H3. The molecule has 0 amide bonds. The molecule has 1 aliphatic carbocycles. The van der Waals surface area contributed by atoms with Gasteiger partial charge in [-0.1, -0.05) is 140 Å². The van der Waals surface area contributed by atoms with Gasteiger partial charge < -0.3 is 0 Å². The highest BCUT2D eigenvalue weighted by Gasteiger charge is 2.26. The van der Waals surface area contributed by atoms with Gasteiger partial charge in [0, 0.05) is 36.9 Å². The van der Waals surface area contributed by atoms with E-state index in [1.165, 1.54) is 64.0 Å². The Morgan fingerprint density at radius 3 is 1.86 bits per heavy atom. The van der Waals surface area contributed by atoms with Crippen LogP contribution in [0.5, 0.6) is 0 Å². The molecule has 0 bridgehead atoms. The van der Waals surface area contributed by atoms with Gasteiger partial charge in [-0.25, -0.2) is 15.0 Å². The second-order valence-electron chi connectivity index (χ2n) is 13.2. The van der Waals surface area contributed by atoms with E-state index >= 15 is 0 Å². The Bertz CT molecular complexity index is 2800. The monoisotopic (exact) mass is 657 g/mol. The highest BCUT2D eigenvalue weighted by molar-refractivity contribution is 7.26. The van der Waals surface area contributed by atoms with Gasteiger partial charge in [-0.3, -0.25) is 0 Å². The van der Waals surface area contributed by atoms with Crippen LogP contribution >= 0.6 is 11.3 Å². The summed E-state index contributed by atoms with van der Waals surface area (Å²) in [7, 11) is 0. The summed E-state index contributed by atoms with van der Waals surface area (Å²) >= 11 is 1.80. The number of hydrogen-bond acceptors (Lipinski definition) is 4. The molecular formula is C46H31N3S. The van der Waals surface area contributed by atoms with E-state index in [0.717, 1.165) is 28.9 Å². The summed E-state index contributed by atoms with van der Waals surface area (Å²) in [6, 6.07) is 51.8. The van der Waals surface area contributed by atoms with Gasteiger partial charge in [-0.15, -0.1) is 11.3 Å². The molecule has 0 spiro atoms.